The van der Waals surface area contributed by atoms with Crippen molar-refractivity contribution in [1.82, 2.24) is 0 Å². The van der Waals surface area contributed by atoms with E-state index in [0.717, 1.165) is 17.2 Å². The highest BCUT2D eigenvalue weighted by atomic mass is 35.5. The van der Waals surface area contributed by atoms with Gasteiger partial charge in [0, 0.05) is 10.7 Å². The van der Waals surface area contributed by atoms with Crippen LogP contribution in [0, 0.1) is 13.8 Å². The van der Waals surface area contributed by atoms with Gasteiger partial charge in [-0.05, 0) is 55.3 Å². The zero-order chi connectivity index (χ0) is 15.8. The van der Waals surface area contributed by atoms with Gasteiger partial charge in [-0.15, -0.1) is 0 Å². The second-order valence-corrected chi connectivity index (χ2v) is 5.15. The van der Waals surface area contributed by atoms with E-state index in [4.69, 9.17) is 22.1 Å². The molecule has 0 aliphatic rings. The number of rotatable bonds is 2. The minimum Gasteiger partial charge on any atom is -0.457 e. The summed E-state index contributed by atoms with van der Waals surface area (Å²) in [6, 6.07) is 6.84. The van der Waals surface area contributed by atoms with Gasteiger partial charge in [0.25, 0.3) is 0 Å². The lowest BCUT2D eigenvalue weighted by Crippen LogP contribution is -2.09. The Morgan fingerprint density at radius 3 is 2.14 bits per heavy atom. The van der Waals surface area contributed by atoms with Crippen LogP contribution in [-0.2, 0) is 6.18 Å². The van der Waals surface area contributed by atoms with Gasteiger partial charge >= 0.3 is 6.18 Å². The third-order valence-electron chi connectivity index (χ3n) is 2.98. The lowest BCUT2D eigenvalue weighted by molar-refractivity contribution is -0.137. The molecule has 0 aliphatic heterocycles. The maximum absolute atomic E-state index is 12.8. The van der Waals surface area contributed by atoms with Crippen molar-refractivity contribution in [2.45, 2.75) is 20.0 Å². The van der Waals surface area contributed by atoms with Gasteiger partial charge in [0.05, 0.1) is 5.56 Å². The summed E-state index contributed by atoms with van der Waals surface area (Å²) in [5.41, 5.74) is 5.59. The van der Waals surface area contributed by atoms with Gasteiger partial charge in [0.15, 0.2) is 0 Å². The Morgan fingerprint density at radius 2 is 1.62 bits per heavy atom. The first-order valence-electron chi connectivity index (χ1n) is 6.10. The predicted octanol–water partition coefficient (Wildman–Crippen LogP) is 5.35. The molecule has 21 heavy (non-hydrogen) atoms. The van der Waals surface area contributed by atoms with Crippen LogP contribution in [0.25, 0.3) is 0 Å². The number of nitrogens with two attached hydrogens (primary N) is 1. The Balaban J connectivity index is 2.42. The van der Waals surface area contributed by atoms with Gasteiger partial charge in [0.2, 0.25) is 0 Å². The predicted molar refractivity (Wildman–Crippen MR) is 76.9 cm³/mol. The molecule has 2 nitrogen and oxygen atoms in total. The van der Waals surface area contributed by atoms with Crippen molar-refractivity contribution < 1.29 is 17.9 Å². The summed E-state index contributed by atoms with van der Waals surface area (Å²) >= 11 is 5.91. The summed E-state index contributed by atoms with van der Waals surface area (Å²) in [5, 5.41) is 0.547. The molecule has 6 heteroatoms. The Morgan fingerprint density at radius 1 is 1.05 bits per heavy atom. The number of aryl methyl sites for hydroxylation is 2. The van der Waals surface area contributed by atoms with E-state index in [9.17, 15) is 13.2 Å². The number of hydrogen-bond donors (Lipinski definition) is 1. The number of hydrogen-bond acceptors (Lipinski definition) is 2. The molecule has 0 heterocycles. The van der Waals surface area contributed by atoms with Gasteiger partial charge in [-0.1, -0.05) is 11.6 Å². The molecule has 0 saturated heterocycles. The highest BCUT2D eigenvalue weighted by molar-refractivity contribution is 6.30. The van der Waals surface area contributed by atoms with Crippen LogP contribution in [0.2, 0.25) is 5.02 Å². The molecule has 112 valence electrons. The summed E-state index contributed by atoms with van der Waals surface area (Å²) in [6.07, 6.45) is -4.52. The second kappa shape index (κ2) is 5.48. The molecular weight excluding hydrogens is 303 g/mol. The molecule has 0 aliphatic carbocycles. The zero-order valence-corrected chi connectivity index (χ0v) is 12.1. The highest BCUT2D eigenvalue weighted by Gasteiger charge is 2.33. The molecule has 0 spiro atoms. The Hall–Kier alpha value is -1.88. The van der Waals surface area contributed by atoms with E-state index in [1.807, 2.05) is 0 Å². The van der Waals surface area contributed by atoms with Gasteiger partial charge in [-0.3, -0.25) is 0 Å². The summed E-state index contributed by atoms with van der Waals surface area (Å²) in [6.45, 7) is 3.55. The molecule has 0 atom stereocenters. The number of ether oxygens (including phenoxy) is 1. The normalized spacial score (nSPS) is 11.5. The zero-order valence-electron chi connectivity index (χ0n) is 11.4. The number of anilines is 1. The minimum absolute atomic E-state index is 0.0741. The molecule has 0 radical (unpaired) electrons. The fourth-order valence-corrected chi connectivity index (χ4v) is 2.35. The molecule has 2 rings (SSSR count). The number of nitrogen functional groups attached to an aromatic ring is 1. The maximum atomic E-state index is 12.8. The maximum Gasteiger partial charge on any atom is 0.418 e. The molecule has 0 amide bonds. The second-order valence-electron chi connectivity index (χ2n) is 4.72. The Bertz CT molecular complexity index is 660. The molecule has 2 N–H and O–H groups in total. The average molecular weight is 316 g/mol. The van der Waals surface area contributed by atoms with Crippen LogP contribution in [-0.4, -0.2) is 0 Å². The van der Waals surface area contributed by atoms with E-state index in [1.54, 1.807) is 26.0 Å². The van der Waals surface area contributed by atoms with Crippen LogP contribution in [0.15, 0.2) is 30.3 Å². The van der Waals surface area contributed by atoms with E-state index < -0.39 is 11.7 Å². The molecule has 0 bridgehead atoms. The van der Waals surface area contributed by atoms with Crippen molar-refractivity contribution in [3.8, 4) is 11.5 Å². The first kappa shape index (κ1) is 15.5. The summed E-state index contributed by atoms with van der Waals surface area (Å²) in [5.74, 6) is 0.558. The largest absolute Gasteiger partial charge is 0.457 e. The average Bonchev–Trinajstić information content (AvgIpc) is 2.34. The van der Waals surface area contributed by atoms with E-state index >= 15 is 0 Å². The fourth-order valence-electron chi connectivity index (χ4n) is 2.02. The van der Waals surface area contributed by atoms with Crippen molar-refractivity contribution in [3.05, 3.63) is 52.0 Å². The van der Waals surface area contributed by atoms with Gasteiger partial charge in [0.1, 0.15) is 11.5 Å². The molecule has 0 fully saturated rings. The van der Waals surface area contributed by atoms with E-state index in [1.165, 1.54) is 12.1 Å². The van der Waals surface area contributed by atoms with Gasteiger partial charge < -0.3 is 10.5 Å². The number of alkyl halides is 3. The summed E-state index contributed by atoms with van der Waals surface area (Å²) < 4.78 is 44.0. The standard InChI is InChI=1S/C15H13ClF3NO/c1-8-5-10(16)6-9(2)14(8)21-11-3-4-13(20)12(7-11)15(17,18)19/h3-7H,20H2,1-2H3. The van der Waals surface area contributed by atoms with Crippen LogP contribution in [0.4, 0.5) is 18.9 Å². The van der Waals surface area contributed by atoms with Crippen LogP contribution in [0.3, 0.4) is 0 Å². The van der Waals surface area contributed by atoms with Crippen LogP contribution >= 0.6 is 11.6 Å². The quantitative estimate of drug-likeness (QED) is 0.758. The van der Waals surface area contributed by atoms with E-state index in [-0.39, 0.29) is 11.4 Å². The summed E-state index contributed by atoms with van der Waals surface area (Å²) in [7, 11) is 0. The first-order chi connectivity index (χ1) is 9.68. The lowest BCUT2D eigenvalue weighted by Gasteiger charge is -2.15. The SMILES string of the molecule is Cc1cc(Cl)cc(C)c1Oc1ccc(N)c(C(F)(F)F)c1. The van der Waals surface area contributed by atoms with Crippen molar-refractivity contribution >= 4 is 17.3 Å². The van der Waals surface area contributed by atoms with Crippen molar-refractivity contribution in [2.24, 2.45) is 0 Å². The fraction of sp³-hybridized carbons (Fsp3) is 0.200. The lowest BCUT2D eigenvalue weighted by atomic mass is 10.1. The van der Waals surface area contributed by atoms with Crippen molar-refractivity contribution in [3.63, 3.8) is 0 Å². The molecule has 0 unspecified atom stereocenters. The third kappa shape index (κ3) is 3.42. The number of halogens is 4. The molecular formula is C15H13ClF3NO. The Kier molecular flexibility index (Phi) is 4.05. The van der Waals surface area contributed by atoms with E-state index in [2.05, 4.69) is 0 Å². The topological polar surface area (TPSA) is 35.2 Å². The van der Waals surface area contributed by atoms with Crippen LogP contribution in [0.5, 0.6) is 11.5 Å². The first-order valence-corrected chi connectivity index (χ1v) is 6.47. The van der Waals surface area contributed by atoms with Crippen LogP contribution in [0.1, 0.15) is 16.7 Å². The summed E-state index contributed by atoms with van der Waals surface area (Å²) in [4.78, 5) is 0. The number of benzene rings is 2. The van der Waals surface area contributed by atoms with Gasteiger partial charge in [-0.25, -0.2) is 0 Å². The Labute approximate surface area is 125 Å². The van der Waals surface area contributed by atoms with Crippen molar-refractivity contribution in [1.29, 1.82) is 0 Å². The highest BCUT2D eigenvalue weighted by Crippen LogP contribution is 2.38. The molecule has 0 saturated carbocycles. The van der Waals surface area contributed by atoms with Gasteiger partial charge in [-0.2, -0.15) is 13.2 Å². The molecule has 0 aromatic heterocycles. The minimum atomic E-state index is -4.52. The monoisotopic (exact) mass is 315 g/mol. The van der Waals surface area contributed by atoms with Crippen LogP contribution < -0.4 is 10.5 Å². The smallest absolute Gasteiger partial charge is 0.418 e. The van der Waals surface area contributed by atoms with Crippen molar-refractivity contribution in [2.75, 3.05) is 5.73 Å². The molecule has 2 aromatic rings. The third-order valence-corrected chi connectivity index (χ3v) is 3.19. The molecule has 2 aromatic carbocycles. The van der Waals surface area contributed by atoms with E-state index in [0.29, 0.717) is 10.8 Å².